The van der Waals surface area contributed by atoms with Gasteiger partial charge in [-0.05, 0) is 6.42 Å². The fourth-order valence-electron chi connectivity index (χ4n) is 0.397. The van der Waals surface area contributed by atoms with Crippen LogP contribution in [0.1, 0.15) is 19.8 Å². The molecule has 0 aromatic carbocycles. The Labute approximate surface area is 54.3 Å². The van der Waals surface area contributed by atoms with E-state index in [1.165, 1.54) is 0 Å². The second kappa shape index (κ2) is 3.78. The van der Waals surface area contributed by atoms with E-state index in [2.05, 4.69) is 12.6 Å². The minimum Gasteiger partial charge on any atom is -0.480 e. The topological polar surface area (TPSA) is 37.3 Å². The fourth-order valence-corrected chi connectivity index (χ4v) is 0.655. The highest BCUT2D eigenvalue weighted by Gasteiger charge is 2.08. The summed E-state index contributed by atoms with van der Waals surface area (Å²) in [5.74, 6) is -0.824. The zero-order valence-corrected chi connectivity index (χ0v) is 5.69. The Morgan fingerprint density at radius 1 is 1.88 bits per heavy atom. The molecular weight excluding hydrogens is 124 g/mol. The lowest BCUT2D eigenvalue weighted by molar-refractivity contribution is -0.136. The molecule has 0 aliphatic heterocycles. The van der Waals surface area contributed by atoms with Crippen LogP contribution in [0.3, 0.4) is 0 Å². The summed E-state index contributed by atoms with van der Waals surface area (Å²) in [4.78, 5) is 10.0. The lowest BCUT2D eigenvalue weighted by atomic mass is 10.2. The van der Waals surface area contributed by atoms with Crippen molar-refractivity contribution in [1.29, 1.82) is 0 Å². The maximum Gasteiger partial charge on any atom is 0.316 e. The lowest BCUT2D eigenvalue weighted by Crippen LogP contribution is -2.12. The summed E-state index contributed by atoms with van der Waals surface area (Å²) in [6, 6.07) is 0. The Hall–Kier alpha value is -0.180. The monoisotopic (exact) mass is 134 g/mol. The fraction of sp³-hybridized carbons (Fsp3) is 0.800. The van der Waals surface area contributed by atoms with Crippen molar-refractivity contribution in [2.24, 2.45) is 0 Å². The smallest absolute Gasteiger partial charge is 0.316 e. The van der Waals surface area contributed by atoms with E-state index in [1.54, 1.807) is 0 Å². The van der Waals surface area contributed by atoms with Gasteiger partial charge in [0.15, 0.2) is 0 Å². The third kappa shape index (κ3) is 2.91. The van der Waals surface area contributed by atoms with Gasteiger partial charge < -0.3 is 5.11 Å². The van der Waals surface area contributed by atoms with E-state index >= 15 is 0 Å². The van der Waals surface area contributed by atoms with Crippen LogP contribution in [0.2, 0.25) is 0 Å². The predicted molar refractivity (Wildman–Crippen MR) is 35.3 cm³/mol. The van der Waals surface area contributed by atoms with Gasteiger partial charge in [0.2, 0.25) is 0 Å². The third-order valence-corrected chi connectivity index (χ3v) is 1.33. The van der Waals surface area contributed by atoms with Gasteiger partial charge in [-0.1, -0.05) is 13.3 Å². The Balaban J connectivity index is 3.32. The minimum absolute atomic E-state index is 0.472. The second-order valence-corrected chi connectivity index (χ2v) is 2.27. The summed E-state index contributed by atoms with van der Waals surface area (Å²) in [7, 11) is 0. The van der Waals surface area contributed by atoms with Crippen molar-refractivity contribution in [3.05, 3.63) is 0 Å². The summed E-state index contributed by atoms with van der Waals surface area (Å²) < 4.78 is 0. The third-order valence-electron chi connectivity index (χ3n) is 0.847. The minimum atomic E-state index is -0.824. The molecule has 0 heterocycles. The molecule has 3 heteroatoms. The number of carboxylic acids is 1. The van der Waals surface area contributed by atoms with E-state index in [-0.39, 0.29) is 0 Å². The summed E-state index contributed by atoms with van der Waals surface area (Å²) in [6.45, 7) is 1.94. The van der Waals surface area contributed by atoms with Gasteiger partial charge >= 0.3 is 5.97 Å². The molecule has 0 unspecified atom stereocenters. The standard InChI is InChI=1S/C5H10O2S/c1-2-3-4(8)5(6)7/h4,8H,2-3H2,1H3,(H,6,7)/t4-/m0/s1. The highest BCUT2D eigenvalue weighted by atomic mass is 32.1. The number of hydrogen-bond donors (Lipinski definition) is 2. The average Bonchev–Trinajstić information content (AvgIpc) is 1.67. The number of thiol groups is 1. The van der Waals surface area contributed by atoms with Crippen molar-refractivity contribution in [2.75, 3.05) is 0 Å². The van der Waals surface area contributed by atoms with E-state index in [4.69, 9.17) is 5.11 Å². The maximum atomic E-state index is 10.0. The summed E-state index contributed by atoms with van der Waals surface area (Å²) in [5.41, 5.74) is 0. The lowest BCUT2D eigenvalue weighted by Gasteiger charge is -1.99. The summed E-state index contributed by atoms with van der Waals surface area (Å²) in [5, 5.41) is 7.76. The van der Waals surface area contributed by atoms with Crippen molar-refractivity contribution >= 4 is 18.6 Å². The van der Waals surface area contributed by atoms with Crippen LogP contribution in [0, 0.1) is 0 Å². The van der Waals surface area contributed by atoms with Crippen LogP contribution in [0.5, 0.6) is 0 Å². The van der Waals surface area contributed by atoms with Gasteiger partial charge in [-0.25, -0.2) is 0 Å². The molecule has 0 rings (SSSR count). The van der Waals surface area contributed by atoms with E-state index in [9.17, 15) is 4.79 Å². The normalized spacial score (nSPS) is 13.2. The molecule has 1 N–H and O–H groups in total. The molecule has 0 aliphatic carbocycles. The second-order valence-electron chi connectivity index (χ2n) is 1.64. The summed E-state index contributed by atoms with van der Waals surface area (Å²) >= 11 is 3.81. The highest BCUT2D eigenvalue weighted by Crippen LogP contribution is 2.02. The van der Waals surface area contributed by atoms with E-state index in [0.29, 0.717) is 6.42 Å². The first-order chi connectivity index (χ1) is 3.68. The van der Waals surface area contributed by atoms with Gasteiger partial charge in [0.25, 0.3) is 0 Å². The first-order valence-electron chi connectivity index (χ1n) is 2.59. The molecule has 0 aromatic rings. The maximum absolute atomic E-state index is 10.0. The Morgan fingerprint density at radius 2 is 2.38 bits per heavy atom. The van der Waals surface area contributed by atoms with Crippen molar-refractivity contribution in [3.63, 3.8) is 0 Å². The predicted octanol–water partition coefficient (Wildman–Crippen LogP) is 1.17. The number of carboxylic acid groups (broad SMARTS) is 1. The average molecular weight is 134 g/mol. The highest BCUT2D eigenvalue weighted by molar-refractivity contribution is 7.81. The van der Waals surface area contributed by atoms with E-state index in [1.807, 2.05) is 6.92 Å². The Morgan fingerprint density at radius 3 is 2.50 bits per heavy atom. The van der Waals surface area contributed by atoms with Gasteiger partial charge in [0.1, 0.15) is 0 Å². The molecule has 0 amide bonds. The molecule has 0 fully saturated rings. The first-order valence-corrected chi connectivity index (χ1v) is 3.11. The van der Waals surface area contributed by atoms with Crippen LogP contribution in [0.15, 0.2) is 0 Å². The molecule has 0 aliphatic rings. The molecule has 2 nitrogen and oxygen atoms in total. The molecule has 1 atom stereocenters. The van der Waals surface area contributed by atoms with Crippen molar-refractivity contribution in [3.8, 4) is 0 Å². The largest absolute Gasteiger partial charge is 0.480 e. The van der Waals surface area contributed by atoms with Crippen LogP contribution >= 0.6 is 12.6 Å². The molecule has 0 radical (unpaired) electrons. The van der Waals surface area contributed by atoms with E-state index < -0.39 is 11.2 Å². The van der Waals surface area contributed by atoms with Gasteiger partial charge in [-0.15, -0.1) is 0 Å². The van der Waals surface area contributed by atoms with Crippen molar-refractivity contribution in [1.82, 2.24) is 0 Å². The first kappa shape index (κ1) is 7.82. The summed E-state index contributed by atoms with van der Waals surface area (Å²) in [6.07, 6.45) is 1.53. The molecule has 0 saturated carbocycles. The van der Waals surface area contributed by atoms with Gasteiger partial charge in [0.05, 0.1) is 5.25 Å². The Bertz CT molecular complexity index is 82.5. The van der Waals surface area contributed by atoms with Crippen molar-refractivity contribution in [2.45, 2.75) is 25.0 Å². The molecule has 8 heavy (non-hydrogen) atoms. The van der Waals surface area contributed by atoms with Gasteiger partial charge in [-0.3, -0.25) is 4.79 Å². The molecule has 0 aromatic heterocycles. The molecule has 48 valence electrons. The van der Waals surface area contributed by atoms with Gasteiger partial charge in [-0.2, -0.15) is 12.6 Å². The van der Waals surface area contributed by atoms with Gasteiger partial charge in [0, 0.05) is 0 Å². The van der Waals surface area contributed by atoms with Crippen LogP contribution < -0.4 is 0 Å². The van der Waals surface area contributed by atoms with E-state index in [0.717, 1.165) is 6.42 Å². The molecule has 0 spiro atoms. The SMILES string of the molecule is CCC[C@H](S)C(=O)O. The Kier molecular flexibility index (Phi) is 3.69. The van der Waals surface area contributed by atoms with Crippen LogP contribution in [-0.2, 0) is 4.79 Å². The molecule has 0 saturated heterocycles. The zero-order chi connectivity index (χ0) is 6.57. The number of carbonyl (C=O) groups is 1. The number of aliphatic carboxylic acids is 1. The van der Waals surface area contributed by atoms with Crippen LogP contribution in [0.25, 0.3) is 0 Å². The quantitative estimate of drug-likeness (QED) is 0.568. The molecular formula is C5H10O2S. The zero-order valence-electron chi connectivity index (χ0n) is 4.79. The number of rotatable bonds is 3. The van der Waals surface area contributed by atoms with Crippen LogP contribution in [-0.4, -0.2) is 16.3 Å². The van der Waals surface area contributed by atoms with Crippen LogP contribution in [0.4, 0.5) is 0 Å². The molecule has 0 bridgehead atoms. The number of hydrogen-bond acceptors (Lipinski definition) is 2. The van der Waals surface area contributed by atoms with Crippen molar-refractivity contribution < 1.29 is 9.90 Å².